The Morgan fingerprint density at radius 3 is 2.62 bits per heavy atom. The van der Waals surface area contributed by atoms with Crippen LogP contribution in [0.15, 0.2) is 36.4 Å². The lowest BCUT2D eigenvalue weighted by Crippen LogP contribution is -2.63. The first kappa shape index (κ1) is 23.2. The maximum Gasteiger partial charge on any atom is 0.279 e. The van der Waals surface area contributed by atoms with E-state index in [0.717, 1.165) is 4.90 Å². The Morgan fingerprint density at radius 1 is 1.19 bits per heavy atom. The average Bonchev–Trinajstić information content (AvgIpc) is 3.15. The molecule has 2 N–H and O–H groups in total. The van der Waals surface area contributed by atoms with Crippen molar-refractivity contribution < 1.29 is 33.4 Å². The van der Waals surface area contributed by atoms with Gasteiger partial charge in [-0.2, -0.15) is 0 Å². The van der Waals surface area contributed by atoms with Gasteiger partial charge in [0.05, 0.1) is 13.7 Å². The number of methoxy groups -OCH3 is 1. The molecule has 0 bridgehead atoms. The minimum atomic E-state index is -2.12. The van der Waals surface area contributed by atoms with Crippen molar-refractivity contribution in [2.24, 2.45) is 0 Å². The highest BCUT2D eigenvalue weighted by Gasteiger charge is 2.51. The van der Waals surface area contributed by atoms with E-state index in [1.165, 1.54) is 25.3 Å². The number of nitrogens with zero attached hydrogens (tertiary/aromatic N) is 1. The van der Waals surface area contributed by atoms with Crippen molar-refractivity contribution in [3.05, 3.63) is 58.9 Å². The largest absolute Gasteiger partial charge is 0.497 e. The minimum absolute atomic E-state index is 0.0803. The maximum atomic E-state index is 14.1. The van der Waals surface area contributed by atoms with E-state index in [4.69, 9.17) is 9.47 Å². The molecule has 2 aliphatic rings. The topological polar surface area (TPSA) is 105 Å². The predicted octanol–water partition coefficient (Wildman–Crippen LogP) is 2.52. The van der Waals surface area contributed by atoms with Gasteiger partial charge < -0.3 is 14.6 Å². The summed E-state index contributed by atoms with van der Waals surface area (Å²) >= 11 is 0. The number of benzene rings is 2. The van der Waals surface area contributed by atoms with Gasteiger partial charge >= 0.3 is 0 Å². The number of carbonyl (C=O) groups is 3. The summed E-state index contributed by atoms with van der Waals surface area (Å²) in [6.45, 7) is 3.82. The molecule has 0 aromatic heterocycles. The first-order chi connectivity index (χ1) is 15.3. The number of nitrogens with one attached hydrogen (secondary N) is 1. The highest BCUT2D eigenvalue weighted by Crippen LogP contribution is 2.37. The number of piperidine rings is 1. The fourth-order valence-electron chi connectivity index (χ4n) is 3.63. The van der Waals surface area contributed by atoms with Crippen LogP contribution in [0.3, 0.4) is 0 Å². The van der Waals surface area contributed by atoms with E-state index in [9.17, 15) is 23.9 Å². The number of hydrogen-bond donors (Lipinski definition) is 2. The molecular weight excluding hydrogens is 419 g/mol. The van der Waals surface area contributed by atoms with Gasteiger partial charge in [-0.25, -0.2) is 4.39 Å². The number of carbonyl (C=O) groups excluding carboxylic acids is 3. The first-order valence-electron chi connectivity index (χ1n) is 10.3. The van der Waals surface area contributed by atoms with Crippen molar-refractivity contribution in [1.29, 1.82) is 0 Å². The molecule has 0 spiro atoms. The quantitative estimate of drug-likeness (QED) is 0.687. The van der Waals surface area contributed by atoms with Gasteiger partial charge in [0.25, 0.3) is 11.8 Å². The van der Waals surface area contributed by atoms with E-state index in [1.807, 2.05) is 13.8 Å². The van der Waals surface area contributed by atoms with Crippen molar-refractivity contribution in [3.8, 4) is 11.5 Å². The van der Waals surface area contributed by atoms with Crippen LogP contribution in [0.1, 0.15) is 48.2 Å². The Morgan fingerprint density at radius 2 is 1.94 bits per heavy atom. The van der Waals surface area contributed by atoms with Gasteiger partial charge in [0.15, 0.2) is 0 Å². The van der Waals surface area contributed by atoms with Crippen LogP contribution in [0, 0.1) is 5.82 Å². The van der Waals surface area contributed by atoms with E-state index < -0.39 is 29.3 Å². The third kappa shape index (κ3) is 4.16. The lowest BCUT2D eigenvalue weighted by Gasteiger charge is -2.37. The van der Waals surface area contributed by atoms with Gasteiger partial charge in [-0.05, 0) is 30.3 Å². The molecule has 0 aliphatic carbocycles. The van der Waals surface area contributed by atoms with Crippen molar-refractivity contribution in [3.63, 3.8) is 0 Å². The second-order valence-electron chi connectivity index (χ2n) is 7.11. The van der Waals surface area contributed by atoms with E-state index in [1.54, 1.807) is 18.2 Å². The van der Waals surface area contributed by atoms with E-state index in [2.05, 4.69) is 5.32 Å². The molecule has 1 fully saturated rings. The zero-order valence-corrected chi connectivity index (χ0v) is 18.1. The van der Waals surface area contributed by atoms with E-state index >= 15 is 0 Å². The summed E-state index contributed by atoms with van der Waals surface area (Å²) in [6, 6.07) is 9.08. The molecule has 2 aliphatic heterocycles. The second-order valence-corrected chi connectivity index (χ2v) is 7.11. The third-order valence-corrected chi connectivity index (χ3v) is 5.32. The lowest BCUT2D eigenvalue weighted by atomic mass is 10.00. The molecule has 0 radical (unpaired) electrons. The molecule has 1 atom stereocenters. The van der Waals surface area contributed by atoms with Crippen LogP contribution in [-0.2, 0) is 22.7 Å². The van der Waals surface area contributed by atoms with Gasteiger partial charge in [0.1, 0.15) is 23.9 Å². The summed E-state index contributed by atoms with van der Waals surface area (Å²) in [4.78, 5) is 37.5. The Hall–Kier alpha value is -3.46. The Kier molecular flexibility index (Phi) is 6.78. The number of aliphatic hydroxyl groups is 1. The third-order valence-electron chi connectivity index (χ3n) is 5.32. The highest BCUT2D eigenvalue weighted by atomic mass is 19.1. The van der Waals surface area contributed by atoms with Crippen LogP contribution in [0.5, 0.6) is 11.5 Å². The molecule has 2 aromatic rings. The molecule has 170 valence electrons. The Labute approximate surface area is 184 Å². The summed E-state index contributed by atoms with van der Waals surface area (Å²) in [6.07, 6.45) is -0.274. The molecule has 4 rings (SSSR count). The zero-order chi connectivity index (χ0) is 23.5. The predicted molar refractivity (Wildman–Crippen MR) is 112 cm³/mol. The SMILES string of the molecule is CC.COc1ccc(F)c(COc2cccc3c2CN([C@]2(O)CCC(=O)NC2=O)C3=O)c1. The minimum Gasteiger partial charge on any atom is -0.497 e. The molecule has 3 amide bonds. The molecule has 1 saturated heterocycles. The maximum absolute atomic E-state index is 14.1. The van der Waals surface area contributed by atoms with Crippen molar-refractivity contribution >= 4 is 17.7 Å². The molecule has 0 saturated carbocycles. The van der Waals surface area contributed by atoms with Gasteiger partial charge in [-0.15, -0.1) is 0 Å². The van der Waals surface area contributed by atoms with Gasteiger partial charge in [-0.1, -0.05) is 19.9 Å². The zero-order valence-electron chi connectivity index (χ0n) is 18.1. The number of ether oxygens (including phenoxy) is 2. The lowest BCUT2D eigenvalue weighted by molar-refractivity contribution is -0.168. The monoisotopic (exact) mass is 444 g/mol. The summed E-state index contributed by atoms with van der Waals surface area (Å²) in [7, 11) is 1.47. The Bertz CT molecular complexity index is 1060. The van der Waals surface area contributed by atoms with Crippen LogP contribution >= 0.6 is 0 Å². The number of fused-ring (bicyclic) bond motifs is 1. The molecule has 2 aromatic carbocycles. The van der Waals surface area contributed by atoms with Gasteiger partial charge in [0.2, 0.25) is 11.6 Å². The van der Waals surface area contributed by atoms with Crippen LogP contribution in [0.4, 0.5) is 4.39 Å². The number of rotatable bonds is 5. The van der Waals surface area contributed by atoms with Crippen molar-refractivity contribution in [2.45, 2.75) is 45.6 Å². The number of imide groups is 1. The summed E-state index contributed by atoms with van der Waals surface area (Å²) in [5.74, 6) is -1.62. The smallest absolute Gasteiger partial charge is 0.279 e. The van der Waals surface area contributed by atoms with Crippen LogP contribution in [0.2, 0.25) is 0 Å². The second kappa shape index (κ2) is 9.35. The number of halogens is 1. The normalized spacial score (nSPS) is 19.7. The fraction of sp³-hybridized carbons (Fsp3) is 0.348. The van der Waals surface area contributed by atoms with Crippen molar-refractivity contribution in [2.75, 3.05) is 7.11 Å². The summed E-state index contributed by atoms with van der Waals surface area (Å²) < 4.78 is 24.9. The summed E-state index contributed by atoms with van der Waals surface area (Å²) in [5, 5.41) is 12.9. The summed E-state index contributed by atoms with van der Waals surface area (Å²) in [5.41, 5.74) is -1.10. The molecule has 0 unspecified atom stereocenters. The van der Waals surface area contributed by atoms with E-state index in [-0.39, 0.29) is 37.1 Å². The molecule has 32 heavy (non-hydrogen) atoms. The standard InChI is InChI=1S/C21H19FN2O6.C2H6/c1-29-13-5-6-16(22)12(9-13)11-30-17-4-2-3-14-15(17)10-24(19(14)26)21(28)8-7-18(25)23-20(21)27;1-2/h2-6,9,28H,7-8,10-11H2,1H3,(H,23,25,27);1-2H3/t21-;/m0./s1. The highest BCUT2D eigenvalue weighted by molar-refractivity contribution is 6.06. The van der Waals surface area contributed by atoms with Gasteiger partial charge in [-0.3, -0.25) is 24.6 Å². The fourth-order valence-corrected chi connectivity index (χ4v) is 3.63. The molecule has 8 nitrogen and oxygen atoms in total. The van der Waals surface area contributed by atoms with Crippen LogP contribution in [-0.4, -0.2) is 40.6 Å². The average molecular weight is 444 g/mol. The molecular formula is C23H25FN2O6. The van der Waals surface area contributed by atoms with E-state index in [0.29, 0.717) is 17.1 Å². The van der Waals surface area contributed by atoms with Crippen molar-refractivity contribution in [1.82, 2.24) is 10.2 Å². The number of hydrogen-bond acceptors (Lipinski definition) is 6. The van der Waals surface area contributed by atoms with Gasteiger partial charge in [0, 0.05) is 29.5 Å². The number of amides is 3. The van der Waals surface area contributed by atoms with Crippen LogP contribution < -0.4 is 14.8 Å². The molecule has 9 heteroatoms. The van der Waals surface area contributed by atoms with Crippen LogP contribution in [0.25, 0.3) is 0 Å². The molecule has 2 heterocycles. The Balaban J connectivity index is 0.00000141. The first-order valence-corrected chi connectivity index (χ1v) is 10.3.